The second-order valence-corrected chi connectivity index (χ2v) is 6.40. The molecule has 4 nitrogen and oxygen atoms in total. The van der Waals surface area contributed by atoms with Crippen molar-refractivity contribution >= 4 is 5.78 Å². The summed E-state index contributed by atoms with van der Waals surface area (Å²) in [6.45, 7) is 3.51. The number of ketones is 1. The summed E-state index contributed by atoms with van der Waals surface area (Å²) in [6.07, 6.45) is 9.09. The number of pyridine rings is 1. The van der Waals surface area contributed by atoms with Crippen molar-refractivity contribution in [3.63, 3.8) is 0 Å². The Morgan fingerprint density at radius 1 is 1.48 bits per heavy atom. The normalized spacial score (nSPS) is 27.0. The summed E-state index contributed by atoms with van der Waals surface area (Å²) in [5, 5.41) is 3.33. The number of nitrogens with zero attached hydrogens (tertiary/aromatic N) is 1. The number of hydrogen-bond acceptors (Lipinski definition) is 4. The minimum absolute atomic E-state index is 0.300. The number of aromatic nitrogens is 1. The summed E-state index contributed by atoms with van der Waals surface area (Å²) in [7, 11) is 0. The predicted molar refractivity (Wildman–Crippen MR) is 81.5 cm³/mol. The number of carbonyl (C=O) groups is 1. The molecule has 1 N–H and O–H groups in total. The van der Waals surface area contributed by atoms with Gasteiger partial charge in [0.05, 0.1) is 6.20 Å². The molecule has 3 atom stereocenters. The van der Waals surface area contributed by atoms with Crippen LogP contribution in [0, 0.1) is 5.92 Å². The molecule has 2 heterocycles. The molecule has 0 spiro atoms. The van der Waals surface area contributed by atoms with Gasteiger partial charge in [-0.3, -0.25) is 4.98 Å². The molecule has 0 amide bonds. The molecule has 1 aromatic rings. The van der Waals surface area contributed by atoms with E-state index >= 15 is 0 Å². The Morgan fingerprint density at radius 2 is 2.33 bits per heavy atom. The van der Waals surface area contributed by atoms with Crippen molar-refractivity contribution in [1.82, 2.24) is 10.3 Å². The minimum atomic E-state index is 0.300. The molecule has 21 heavy (non-hydrogen) atoms. The number of ether oxygens (including phenoxy) is 1. The molecule has 1 unspecified atom stereocenters. The van der Waals surface area contributed by atoms with Crippen LogP contribution in [0.15, 0.2) is 18.5 Å². The molecule has 3 rings (SSSR count). The monoisotopic (exact) mass is 288 g/mol. The third kappa shape index (κ3) is 4.03. The first-order valence-corrected chi connectivity index (χ1v) is 8.03. The second kappa shape index (κ2) is 6.56. The van der Waals surface area contributed by atoms with E-state index < -0.39 is 0 Å². The molecule has 0 radical (unpaired) electrons. The second-order valence-electron chi connectivity index (χ2n) is 6.40. The van der Waals surface area contributed by atoms with Gasteiger partial charge in [0.25, 0.3) is 0 Å². The molecule has 1 saturated carbocycles. The summed E-state index contributed by atoms with van der Waals surface area (Å²) in [4.78, 5) is 15.3. The van der Waals surface area contributed by atoms with E-state index in [2.05, 4.69) is 16.4 Å². The van der Waals surface area contributed by atoms with Crippen molar-refractivity contribution < 1.29 is 9.53 Å². The van der Waals surface area contributed by atoms with Gasteiger partial charge in [-0.15, -0.1) is 0 Å². The van der Waals surface area contributed by atoms with Crippen molar-refractivity contribution in [3.8, 4) is 5.75 Å². The van der Waals surface area contributed by atoms with Gasteiger partial charge in [-0.25, -0.2) is 0 Å². The molecule has 1 saturated heterocycles. The molecule has 0 bridgehead atoms. The summed E-state index contributed by atoms with van der Waals surface area (Å²) in [5.41, 5.74) is 1.29. The van der Waals surface area contributed by atoms with Crippen LogP contribution in [0.2, 0.25) is 0 Å². The van der Waals surface area contributed by atoms with Crippen molar-refractivity contribution in [3.05, 3.63) is 24.0 Å². The zero-order chi connectivity index (χ0) is 14.7. The van der Waals surface area contributed by atoms with E-state index in [1.54, 1.807) is 13.1 Å². The fourth-order valence-corrected chi connectivity index (χ4v) is 2.99. The lowest BCUT2D eigenvalue weighted by Gasteiger charge is -2.27. The van der Waals surface area contributed by atoms with Gasteiger partial charge in [-0.05, 0) is 62.6 Å². The van der Waals surface area contributed by atoms with Crippen molar-refractivity contribution in [2.45, 2.75) is 51.0 Å². The van der Waals surface area contributed by atoms with Crippen LogP contribution in [0.3, 0.4) is 0 Å². The fraction of sp³-hybridized carbons (Fsp3) is 0.647. The van der Waals surface area contributed by atoms with Gasteiger partial charge in [-0.2, -0.15) is 0 Å². The maximum absolute atomic E-state index is 11.0. The number of nitrogens with one attached hydrogen (secondary N) is 1. The molecule has 114 valence electrons. The van der Waals surface area contributed by atoms with E-state index in [0.717, 1.165) is 44.1 Å². The minimum Gasteiger partial charge on any atom is -0.490 e. The smallest absolute Gasteiger partial charge is 0.137 e. The Labute approximate surface area is 126 Å². The first-order chi connectivity index (χ1) is 10.2. The Hall–Kier alpha value is -1.42. The highest BCUT2D eigenvalue weighted by atomic mass is 16.5. The largest absolute Gasteiger partial charge is 0.490 e. The van der Waals surface area contributed by atoms with E-state index in [-0.39, 0.29) is 0 Å². The first-order valence-electron chi connectivity index (χ1n) is 8.03. The van der Waals surface area contributed by atoms with Crippen LogP contribution in [0.1, 0.15) is 50.5 Å². The van der Waals surface area contributed by atoms with Gasteiger partial charge in [0.1, 0.15) is 18.1 Å². The fourth-order valence-electron chi connectivity index (χ4n) is 2.99. The number of Topliss-reactive ketones (excluding diaryl/α,β-unsaturated/α-hetero) is 1. The van der Waals surface area contributed by atoms with Crippen molar-refractivity contribution in [2.75, 3.05) is 13.2 Å². The topological polar surface area (TPSA) is 51.2 Å². The van der Waals surface area contributed by atoms with Crippen LogP contribution >= 0.6 is 0 Å². The van der Waals surface area contributed by atoms with Gasteiger partial charge in [-0.1, -0.05) is 0 Å². The zero-order valence-electron chi connectivity index (χ0n) is 12.7. The van der Waals surface area contributed by atoms with Gasteiger partial charge in [0.15, 0.2) is 0 Å². The van der Waals surface area contributed by atoms with Gasteiger partial charge < -0.3 is 14.8 Å². The molecule has 1 aliphatic carbocycles. The summed E-state index contributed by atoms with van der Waals surface area (Å²) in [6, 6.07) is 2.65. The quantitative estimate of drug-likeness (QED) is 0.799. The molecule has 4 heteroatoms. The van der Waals surface area contributed by atoms with E-state index in [1.165, 1.54) is 18.4 Å². The van der Waals surface area contributed by atoms with E-state index in [1.807, 2.05) is 6.20 Å². The summed E-state index contributed by atoms with van der Waals surface area (Å²) >= 11 is 0. The Kier molecular flexibility index (Phi) is 4.54. The summed E-state index contributed by atoms with van der Waals surface area (Å²) in [5.74, 6) is 2.54. The molecular formula is C17H24N2O2. The maximum atomic E-state index is 11.0. The van der Waals surface area contributed by atoms with Crippen LogP contribution in [0.25, 0.3) is 0 Å². The lowest BCUT2D eigenvalue weighted by Crippen LogP contribution is -2.46. The average molecular weight is 288 g/mol. The lowest BCUT2D eigenvalue weighted by molar-refractivity contribution is -0.117. The third-order valence-corrected chi connectivity index (χ3v) is 4.57. The average Bonchev–Trinajstić information content (AvgIpc) is 3.16. The Bertz CT molecular complexity index is 499. The Morgan fingerprint density at radius 3 is 3.05 bits per heavy atom. The highest BCUT2D eigenvalue weighted by Gasteiger charge is 2.37. The van der Waals surface area contributed by atoms with Crippen LogP contribution in [-0.4, -0.2) is 30.0 Å². The van der Waals surface area contributed by atoms with Crippen LogP contribution in [-0.2, 0) is 4.79 Å². The number of rotatable bonds is 8. The van der Waals surface area contributed by atoms with Crippen LogP contribution < -0.4 is 10.1 Å². The van der Waals surface area contributed by atoms with Gasteiger partial charge >= 0.3 is 0 Å². The highest BCUT2D eigenvalue weighted by Crippen LogP contribution is 2.50. The van der Waals surface area contributed by atoms with Crippen LogP contribution in [0.5, 0.6) is 5.75 Å². The SMILES string of the molecule is CC(=O)CCC[C@H]1C[C@@H]1c1cncc(OCC2CCN2)c1. The highest BCUT2D eigenvalue weighted by molar-refractivity contribution is 5.75. The molecule has 1 aliphatic heterocycles. The van der Waals surface area contributed by atoms with E-state index in [4.69, 9.17) is 4.74 Å². The molecule has 2 aliphatic rings. The first kappa shape index (κ1) is 14.5. The molecule has 2 fully saturated rings. The van der Waals surface area contributed by atoms with Gasteiger partial charge in [0, 0.05) is 18.7 Å². The van der Waals surface area contributed by atoms with E-state index in [9.17, 15) is 4.79 Å². The maximum Gasteiger partial charge on any atom is 0.137 e. The third-order valence-electron chi connectivity index (χ3n) is 4.57. The lowest BCUT2D eigenvalue weighted by atomic mass is 10.1. The molecule has 0 aromatic carbocycles. The Balaban J connectivity index is 1.46. The molecule has 1 aromatic heterocycles. The summed E-state index contributed by atoms with van der Waals surface area (Å²) < 4.78 is 5.81. The van der Waals surface area contributed by atoms with Crippen molar-refractivity contribution in [1.29, 1.82) is 0 Å². The van der Waals surface area contributed by atoms with Crippen LogP contribution in [0.4, 0.5) is 0 Å². The standard InChI is InChI=1S/C17H24N2O2/c1-12(20)3-2-4-13-8-17(13)14-7-16(10-18-9-14)21-11-15-5-6-19-15/h7,9-10,13,15,17,19H,2-6,8,11H2,1H3/t13-,15?,17-/m0/s1. The van der Waals surface area contributed by atoms with E-state index in [0.29, 0.717) is 17.7 Å². The zero-order valence-corrected chi connectivity index (χ0v) is 12.7. The number of carbonyl (C=O) groups excluding carboxylic acids is 1. The molecular weight excluding hydrogens is 264 g/mol. The number of hydrogen-bond donors (Lipinski definition) is 1. The predicted octanol–water partition coefficient (Wildman–Crippen LogP) is 2.69. The van der Waals surface area contributed by atoms with Crippen molar-refractivity contribution in [2.24, 2.45) is 5.92 Å². The van der Waals surface area contributed by atoms with Gasteiger partial charge in [0.2, 0.25) is 0 Å².